The van der Waals surface area contributed by atoms with Gasteiger partial charge in [0.1, 0.15) is 0 Å². The molecule has 0 aliphatic heterocycles. The van der Waals surface area contributed by atoms with Crippen LogP contribution in [0.25, 0.3) is 94.3 Å². The van der Waals surface area contributed by atoms with Crippen LogP contribution in [-0.4, -0.2) is 19.5 Å². The van der Waals surface area contributed by atoms with E-state index in [1.165, 1.54) is 56.9 Å². The van der Waals surface area contributed by atoms with E-state index in [2.05, 4.69) is 184 Å². The molecular formula is C55H44N4. The smallest absolute Gasteiger partial charge is 0.164 e. The number of nitrogens with zero attached hydrogens (tertiary/aromatic N) is 4. The van der Waals surface area contributed by atoms with Gasteiger partial charge in [0, 0.05) is 33.2 Å². The highest BCUT2D eigenvalue weighted by Crippen LogP contribution is 2.48. The summed E-state index contributed by atoms with van der Waals surface area (Å²) in [6, 6.07) is 61.0. The van der Waals surface area contributed by atoms with Gasteiger partial charge in [-0.3, -0.25) is 0 Å². The Morgan fingerprint density at radius 2 is 0.932 bits per heavy atom. The standard InChI is InChI=1S/C55H44N4/c1-54(2)29-30-55(3,4)48-34-50-46(33-47(48)54)44-21-13-14-22-49(44)59(50)40-26-25-37-31-39(24-23-38(37)32-40)52-56-51(36-17-9-6-10-18-36)57-53(58-52)45-28-27-41(35-15-7-5-8-16-35)42-19-11-12-20-43(42)45/h5-28,31-34H,29-30H2,1-4H3. The van der Waals surface area contributed by atoms with Crippen molar-refractivity contribution in [2.45, 2.75) is 51.4 Å². The number of rotatable bonds is 5. The molecule has 4 heteroatoms. The predicted molar refractivity (Wildman–Crippen MR) is 246 cm³/mol. The van der Waals surface area contributed by atoms with Crippen molar-refractivity contribution in [3.63, 3.8) is 0 Å². The van der Waals surface area contributed by atoms with Crippen molar-refractivity contribution in [3.05, 3.63) is 181 Å². The van der Waals surface area contributed by atoms with Gasteiger partial charge in [0.15, 0.2) is 17.5 Å². The average Bonchev–Trinajstić information content (AvgIpc) is 3.61. The largest absolute Gasteiger partial charge is 0.309 e. The lowest BCUT2D eigenvalue weighted by atomic mass is 9.63. The first kappa shape index (κ1) is 35.3. The van der Waals surface area contributed by atoms with Crippen LogP contribution in [0.4, 0.5) is 0 Å². The van der Waals surface area contributed by atoms with Crippen molar-refractivity contribution < 1.29 is 0 Å². The van der Waals surface area contributed by atoms with Crippen molar-refractivity contribution in [2.24, 2.45) is 0 Å². The minimum atomic E-state index is 0.119. The van der Waals surface area contributed by atoms with Crippen molar-refractivity contribution in [2.75, 3.05) is 0 Å². The molecule has 2 heterocycles. The van der Waals surface area contributed by atoms with Gasteiger partial charge in [-0.25, -0.2) is 15.0 Å². The monoisotopic (exact) mass is 760 g/mol. The second kappa shape index (κ2) is 13.3. The van der Waals surface area contributed by atoms with Crippen LogP contribution < -0.4 is 0 Å². The first-order valence-corrected chi connectivity index (χ1v) is 20.7. The van der Waals surface area contributed by atoms with E-state index in [4.69, 9.17) is 15.0 Å². The number of fused-ring (bicyclic) bond motifs is 6. The Balaban J connectivity index is 1.05. The Bertz CT molecular complexity index is 3270. The molecule has 0 saturated carbocycles. The molecule has 0 amide bonds. The van der Waals surface area contributed by atoms with Crippen LogP contribution in [0.1, 0.15) is 51.7 Å². The third-order valence-corrected chi connectivity index (χ3v) is 12.9. The third kappa shape index (κ3) is 5.85. The molecular weight excluding hydrogens is 717 g/mol. The zero-order valence-corrected chi connectivity index (χ0v) is 33.9. The van der Waals surface area contributed by atoms with E-state index in [0.717, 1.165) is 43.9 Å². The Morgan fingerprint density at radius 1 is 0.390 bits per heavy atom. The van der Waals surface area contributed by atoms with Crippen molar-refractivity contribution >= 4 is 43.4 Å². The van der Waals surface area contributed by atoms with Gasteiger partial charge in [-0.15, -0.1) is 0 Å². The summed E-state index contributed by atoms with van der Waals surface area (Å²) in [6.45, 7) is 9.65. The lowest BCUT2D eigenvalue weighted by Crippen LogP contribution is -2.33. The molecule has 4 nitrogen and oxygen atoms in total. The number of benzene rings is 8. The number of hydrogen-bond donors (Lipinski definition) is 0. The van der Waals surface area contributed by atoms with Crippen molar-refractivity contribution in [1.82, 2.24) is 19.5 Å². The maximum absolute atomic E-state index is 5.22. The molecule has 10 aromatic rings. The Kier molecular flexibility index (Phi) is 7.96. The summed E-state index contributed by atoms with van der Waals surface area (Å²) in [7, 11) is 0. The molecule has 0 N–H and O–H groups in total. The Morgan fingerprint density at radius 3 is 1.66 bits per heavy atom. The maximum atomic E-state index is 5.22. The fourth-order valence-electron chi connectivity index (χ4n) is 9.52. The predicted octanol–water partition coefficient (Wildman–Crippen LogP) is 14.3. The number of para-hydroxylation sites is 1. The second-order valence-corrected chi connectivity index (χ2v) is 17.5. The van der Waals surface area contributed by atoms with Gasteiger partial charge in [-0.1, -0.05) is 155 Å². The molecule has 0 spiro atoms. The van der Waals surface area contributed by atoms with Crippen LogP contribution >= 0.6 is 0 Å². The average molecular weight is 761 g/mol. The zero-order chi connectivity index (χ0) is 39.9. The van der Waals surface area contributed by atoms with E-state index < -0.39 is 0 Å². The van der Waals surface area contributed by atoms with E-state index in [0.29, 0.717) is 17.5 Å². The summed E-state index contributed by atoms with van der Waals surface area (Å²) in [5, 5.41) is 7.18. The molecule has 0 atom stereocenters. The van der Waals surface area contributed by atoms with Gasteiger partial charge in [0.25, 0.3) is 0 Å². The van der Waals surface area contributed by atoms with Crippen LogP contribution in [0.15, 0.2) is 170 Å². The van der Waals surface area contributed by atoms with Crippen molar-refractivity contribution in [1.29, 1.82) is 0 Å². The summed E-state index contributed by atoms with van der Waals surface area (Å²) < 4.78 is 2.47. The van der Waals surface area contributed by atoms with Crippen LogP contribution in [-0.2, 0) is 10.8 Å². The van der Waals surface area contributed by atoms with Crippen LogP contribution in [0.3, 0.4) is 0 Å². The topological polar surface area (TPSA) is 43.6 Å². The van der Waals surface area contributed by atoms with Gasteiger partial charge in [0.2, 0.25) is 0 Å². The van der Waals surface area contributed by atoms with E-state index in [1.807, 2.05) is 18.2 Å². The van der Waals surface area contributed by atoms with Crippen LogP contribution in [0, 0.1) is 0 Å². The fraction of sp³-hybridized carbons (Fsp3) is 0.145. The van der Waals surface area contributed by atoms with Gasteiger partial charge in [-0.2, -0.15) is 0 Å². The fourth-order valence-corrected chi connectivity index (χ4v) is 9.52. The molecule has 1 aliphatic carbocycles. The normalized spacial score (nSPS) is 14.6. The zero-order valence-electron chi connectivity index (χ0n) is 33.9. The van der Waals surface area contributed by atoms with Gasteiger partial charge < -0.3 is 4.57 Å². The molecule has 2 aromatic heterocycles. The summed E-state index contributed by atoms with van der Waals surface area (Å²) in [5.41, 5.74) is 12.1. The van der Waals surface area contributed by atoms with Gasteiger partial charge >= 0.3 is 0 Å². The summed E-state index contributed by atoms with van der Waals surface area (Å²) in [5.74, 6) is 1.95. The van der Waals surface area contributed by atoms with E-state index in [9.17, 15) is 0 Å². The van der Waals surface area contributed by atoms with E-state index >= 15 is 0 Å². The minimum absolute atomic E-state index is 0.119. The highest BCUT2D eigenvalue weighted by molar-refractivity contribution is 6.10. The number of aromatic nitrogens is 4. The first-order chi connectivity index (χ1) is 28.7. The Hall–Kier alpha value is -6.91. The quantitative estimate of drug-likeness (QED) is 0.175. The lowest BCUT2D eigenvalue weighted by Gasteiger charge is -2.42. The SMILES string of the molecule is CC1(C)CCC(C)(C)c2cc3c(cc21)c1ccccc1n3-c1ccc2cc(-c3nc(-c4ccccc4)nc(-c4ccc(-c5ccccc5)c5ccccc45)n3)ccc2c1. The van der Waals surface area contributed by atoms with Gasteiger partial charge in [0.05, 0.1) is 11.0 Å². The maximum Gasteiger partial charge on any atom is 0.164 e. The van der Waals surface area contributed by atoms with E-state index in [1.54, 1.807) is 0 Å². The molecule has 11 rings (SSSR count). The van der Waals surface area contributed by atoms with Crippen LogP contribution in [0.2, 0.25) is 0 Å². The molecule has 0 saturated heterocycles. The summed E-state index contributed by atoms with van der Waals surface area (Å²) >= 11 is 0. The molecule has 8 aromatic carbocycles. The van der Waals surface area contributed by atoms with Gasteiger partial charge in [-0.05, 0) is 110 Å². The summed E-state index contributed by atoms with van der Waals surface area (Å²) in [6.07, 6.45) is 2.38. The number of hydrogen-bond acceptors (Lipinski definition) is 3. The first-order valence-electron chi connectivity index (χ1n) is 20.7. The molecule has 0 unspecified atom stereocenters. The second-order valence-electron chi connectivity index (χ2n) is 17.5. The molecule has 1 aliphatic rings. The molecule has 0 radical (unpaired) electrons. The molecule has 59 heavy (non-hydrogen) atoms. The lowest BCUT2D eigenvalue weighted by molar-refractivity contribution is 0.332. The molecule has 284 valence electrons. The highest BCUT2D eigenvalue weighted by atomic mass is 15.0. The highest BCUT2D eigenvalue weighted by Gasteiger charge is 2.38. The van der Waals surface area contributed by atoms with E-state index in [-0.39, 0.29) is 10.8 Å². The molecule has 0 bridgehead atoms. The minimum Gasteiger partial charge on any atom is -0.309 e. The van der Waals surface area contributed by atoms with Crippen molar-refractivity contribution in [3.8, 4) is 51.0 Å². The Labute approximate surface area is 344 Å². The third-order valence-electron chi connectivity index (χ3n) is 12.9. The van der Waals surface area contributed by atoms with Crippen LogP contribution in [0.5, 0.6) is 0 Å². The summed E-state index contributed by atoms with van der Waals surface area (Å²) in [4.78, 5) is 15.4. The molecule has 0 fully saturated rings.